The number of unbranched alkanes of at least 4 members (excludes halogenated alkanes) is 4. The van der Waals surface area contributed by atoms with Crippen molar-refractivity contribution in [3.63, 3.8) is 0 Å². The molecule has 2 nitrogen and oxygen atoms in total. The second-order valence-corrected chi connectivity index (χ2v) is 6.06. The van der Waals surface area contributed by atoms with Gasteiger partial charge in [-0.05, 0) is 31.6 Å². The predicted octanol–water partition coefficient (Wildman–Crippen LogP) is 4.04. The van der Waals surface area contributed by atoms with Gasteiger partial charge < -0.3 is 10.2 Å². The van der Waals surface area contributed by atoms with Crippen molar-refractivity contribution in [3.05, 3.63) is 0 Å². The van der Waals surface area contributed by atoms with Gasteiger partial charge in [-0.2, -0.15) is 0 Å². The van der Waals surface area contributed by atoms with Crippen molar-refractivity contribution in [1.29, 1.82) is 0 Å². The van der Waals surface area contributed by atoms with Crippen LogP contribution in [-0.2, 0) is 0 Å². The van der Waals surface area contributed by atoms with Gasteiger partial charge in [0.1, 0.15) is 0 Å². The molecule has 1 saturated carbocycles. The molecule has 0 aliphatic heterocycles. The molecule has 0 spiro atoms. The Morgan fingerprint density at radius 3 is 2.28 bits per heavy atom. The predicted molar refractivity (Wildman–Crippen MR) is 76.6 cm³/mol. The lowest BCUT2D eigenvalue weighted by atomic mass is 9.83. The zero-order valence-corrected chi connectivity index (χ0v) is 12.1. The molecule has 108 valence electrons. The fourth-order valence-electron chi connectivity index (χ4n) is 3.09. The molecule has 1 aliphatic rings. The quantitative estimate of drug-likeness (QED) is 0.611. The molecule has 0 aromatic carbocycles. The Kier molecular flexibility index (Phi) is 8.70. The van der Waals surface area contributed by atoms with Crippen LogP contribution in [0.2, 0.25) is 0 Å². The number of rotatable bonds is 9. The van der Waals surface area contributed by atoms with Crippen molar-refractivity contribution >= 4 is 0 Å². The molecule has 0 amide bonds. The standard InChI is InChI=1S/C16H32O2/c1-2-3-4-5-9-12-15(17)13-16(18)14-10-7-6-8-11-14/h14-18H,2-13H2,1H3. The number of hydrogen-bond acceptors (Lipinski definition) is 2. The molecule has 2 unspecified atom stereocenters. The van der Waals surface area contributed by atoms with Gasteiger partial charge >= 0.3 is 0 Å². The van der Waals surface area contributed by atoms with Crippen molar-refractivity contribution in [2.24, 2.45) is 5.92 Å². The van der Waals surface area contributed by atoms with Gasteiger partial charge in [-0.3, -0.25) is 0 Å². The maximum Gasteiger partial charge on any atom is 0.0593 e. The van der Waals surface area contributed by atoms with Gasteiger partial charge in [0.2, 0.25) is 0 Å². The molecule has 2 N–H and O–H groups in total. The average molecular weight is 256 g/mol. The second-order valence-electron chi connectivity index (χ2n) is 6.06. The van der Waals surface area contributed by atoms with E-state index < -0.39 is 0 Å². The van der Waals surface area contributed by atoms with E-state index in [1.165, 1.54) is 44.9 Å². The van der Waals surface area contributed by atoms with E-state index in [4.69, 9.17) is 0 Å². The third kappa shape index (κ3) is 6.75. The summed E-state index contributed by atoms with van der Waals surface area (Å²) in [5.74, 6) is 0.452. The highest BCUT2D eigenvalue weighted by Gasteiger charge is 2.23. The topological polar surface area (TPSA) is 40.5 Å². The molecular weight excluding hydrogens is 224 g/mol. The van der Waals surface area contributed by atoms with E-state index in [1.54, 1.807) is 0 Å². The molecule has 0 radical (unpaired) electrons. The normalized spacial score (nSPS) is 20.8. The summed E-state index contributed by atoms with van der Waals surface area (Å²) in [7, 11) is 0. The first-order chi connectivity index (χ1) is 8.74. The van der Waals surface area contributed by atoms with Crippen molar-refractivity contribution in [3.8, 4) is 0 Å². The summed E-state index contributed by atoms with van der Waals surface area (Å²) in [6.07, 6.45) is 13.3. The average Bonchev–Trinajstić information content (AvgIpc) is 2.39. The molecule has 0 saturated heterocycles. The molecule has 1 aliphatic carbocycles. The fraction of sp³-hybridized carbons (Fsp3) is 1.00. The van der Waals surface area contributed by atoms with Crippen molar-refractivity contribution in [2.45, 2.75) is 96.2 Å². The Balaban J connectivity index is 2.05. The summed E-state index contributed by atoms with van der Waals surface area (Å²) in [5, 5.41) is 20.1. The minimum absolute atomic E-state index is 0.268. The number of hydrogen-bond donors (Lipinski definition) is 2. The fourth-order valence-corrected chi connectivity index (χ4v) is 3.09. The molecule has 1 rings (SSSR count). The highest BCUT2D eigenvalue weighted by Crippen LogP contribution is 2.28. The monoisotopic (exact) mass is 256 g/mol. The van der Waals surface area contributed by atoms with Crippen molar-refractivity contribution < 1.29 is 10.2 Å². The van der Waals surface area contributed by atoms with E-state index in [9.17, 15) is 10.2 Å². The van der Waals surface area contributed by atoms with Crippen LogP contribution in [0.4, 0.5) is 0 Å². The highest BCUT2D eigenvalue weighted by atomic mass is 16.3. The molecule has 1 fully saturated rings. The first-order valence-corrected chi connectivity index (χ1v) is 8.10. The zero-order chi connectivity index (χ0) is 13.2. The van der Waals surface area contributed by atoms with Crippen LogP contribution < -0.4 is 0 Å². The Bertz CT molecular complexity index is 188. The largest absolute Gasteiger partial charge is 0.393 e. The number of aliphatic hydroxyl groups is 2. The second kappa shape index (κ2) is 9.80. The lowest BCUT2D eigenvalue weighted by molar-refractivity contribution is 0.0274. The van der Waals surface area contributed by atoms with Gasteiger partial charge in [-0.1, -0.05) is 58.3 Å². The van der Waals surface area contributed by atoms with Gasteiger partial charge in [0.15, 0.2) is 0 Å². The summed E-state index contributed by atoms with van der Waals surface area (Å²) in [5.41, 5.74) is 0. The summed E-state index contributed by atoms with van der Waals surface area (Å²) in [6.45, 7) is 2.22. The van der Waals surface area contributed by atoms with Crippen LogP contribution in [0.3, 0.4) is 0 Å². The summed E-state index contributed by atoms with van der Waals surface area (Å²) < 4.78 is 0. The van der Waals surface area contributed by atoms with E-state index in [-0.39, 0.29) is 12.2 Å². The third-order valence-electron chi connectivity index (χ3n) is 4.35. The van der Waals surface area contributed by atoms with Gasteiger partial charge in [0.05, 0.1) is 12.2 Å². The lowest BCUT2D eigenvalue weighted by Crippen LogP contribution is -2.27. The Hall–Kier alpha value is -0.0800. The van der Waals surface area contributed by atoms with Crippen LogP contribution in [0.25, 0.3) is 0 Å². The van der Waals surface area contributed by atoms with Crippen LogP contribution >= 0.6 is 0 Å². The minimum atomic E-state index is -0.288. The van der Waals surface area contributed by atoms with Gasteiger partial charge in [-0.25, -0.2) is 0 Å². The summed E-state index contributed by atoms with van der Waals surface area (Å²) in [4.78, 5) is 0. The summed E-state index contributed by atoms with van der Waals surface area (Å²) in [6, 6.07) is 0. The smallest absolute Gasteiger partial charge is 0.0593 e. The maximum absolute atomic E-state index is 10.1. The SMILES string of the molecule is CCCCCCCC(O)CC(O)C1CCCCC1. The Labute approximate surface area is 113 Å². The molecule has 0 bridgehead atoms. The van der Waals surface area contributed by atoms with Crippen molar-refractivity contribution in [1.82, 2.24) is 0 Å². The first-order valence-electron chi connectivity index (χ1n) is 8.10. The molecular formula is C16H32O2. The van der Waals surface area contributed by atoms with Crippen LogP contribution in [-0.4, -0.2) is 22.4 Å². The van der Waals surface area contributed by atoms with E-state index in [2.05, 4.69) is 6.92 Å². The molecule has 0 aromatic rings. The summed E-state index contributed by atoms with van der Waals surface area (Å²) >= 11 is 0. The number of aliphatic hydroxyl groups excluding tert-OH is 2. The van der Waals surface area contributed by atoms with E-state index in [0.717, 1.165) is 25.7 Å². The van der Waals surface area contributed by atoms with E-state index in [1.807, 2.05) is 0 Å². The van der Waals surface area contributed by atoms with Crippen LogP contribution in [0.1, 0.15) is 84.0 Å². The molecule has 2 heteroatoms. The molecule has 2 atom stereocenters. The Morgan fingerprint density at radius 2 is 1.61 bits per heavy atom. The first kappa shape index (κ1) is 16.0. The van der Waals surface area contributed by atoms with Gasteiger partial charge in [-0.15, -0.1) is 0 Å². The maximum atomic E-state index is 10.1. The van der Waals surface area contributed by atoms with E-state index >= 15 is 0 Å². The van der Waals surface area contributed by atoms with Crippen molar-refractivity contribution in [2.75, 3.05) is 0 Å². The minimum Gasteiger partial charge on any atom is -0.393 e. The van der Waals surface area contributed by atoms with Crippen LogP contribution in [0.5, 0.6) is 0 Å². The molecule has 18 heavy (non-hydrogen) atoms. The lowest BCUT2D eigenvalue weighted by Gasteiger charge is -2.28. The zero-order valence-electron chi connectivity index (χ0n) is 12.1. The van der Waals surface area contributed by atoms with Crippen LogP contribution in [0.15, 0.2) is 0 Å². The van der Waals surface area contributed by atoms with E-state index in [0.29, 0.717) is 12.3 Å². The van der Waals surface area contributed by atoms with Crippen LogP contribution in [0, 0.1) is 5.92 Å². The van der Waals surface area contributed by atoms with Gasteiger partial charge in [0, 0.05) is 0 Å². The molecule has 0 aromatic heterocycles. The van der Waals surface area contributed by atoms with Gasteiger partial charge in [0.25, 0.3) is 0 Å². The molecule has 0 heterocycles. The Morgan fingerprint density at radius 1 is 0.944 bits per heavy atom. The third-order valence-corrected chi connectivity index (χ3v) is 4.35. The highest BCUT2D eigenvalue weighted by molar-refractivity contribution is 4.75.